The van der Waals surface area contributed by atoms with Crippen molar-refractivity contribution < 1.29 is 32.4 Å². The maximum atomic E-state index is 13.5. The molecule has 1 aliphatic rings. The molecule has 42 heavy (non-hydrogen) atoms. The number of aromatic nitrogens is 1. The van der Waals surface area contributed by atoms with Gasteiger partial charge in [-0.05, 0) is 51.1 Å². The summed E-state index contributed by atoms with van der Waals surface area (Å²) in [4.78, 5) is 29.5. The Kier molecular flexibility index (Phi) is 9.42. The lowest BCUT2D eigenvalue weighted by molar-refractivity contribution is -0.134. The first kappa shape index (κ1) is 30.8. The van der Waals surface area contributed by atoms with E-state index >= 15 is 0 Å². The summed E-state index contributed by atoms with van der Waals surface area (Å²) >= 11 is 0. The van der Waals surface area contributed by atoms with Crippen LogP contribution in [0.2, 0.25) is 0 Å². The van der Waals surface area contributed by atoms with Crippen LogP contribution in [0.15, 0.2) is 57.9 Å². The van der Waals surface area contributed by atoms with Crippen LogP contribution in [-0.2, 0) is 21.2 Å². The number of carbonyl (C=O) groups excluding carboxylic acids is 2. The van der Waals surface area contributed by atoms with Crippen molar-refractivity contribution in [3.05, 3.63) is 65.5 Å². The molecule has 4 rings (SSSR count). The molecule has 12 nitrogen and oxygen atoms in total. The van der Waals surface area contributed by atoms with E-state index in [9.17, 15) is 23.1 Å². The lowest BCUT2D eigenvalue weighted by Gasteiger charge is -2.34. The molecular weight excluding hydrogens is 562 g/mol. The normalized spacial score (nSPS) is 18.1. The van der Waals surface area contributed by atoms with Crippen LogP contribution in [0.25, 0.3) is 0 Å². The number of likely N-dealkylation sites (N-methyl/N-ethyl adjacent to an activating group) is 1. The number of aliphatic hydroxyl groups excluding tert-OH is 1. The van der Waals surface area contributed by atoms with E-state index in [4.69, 9.17) is 9.26 Å². The van der Waals surface area contributed by atoms with Crippen LogP contribution in [0.3, 0.4) is 0 Å². The first-order valence-corrected chi connectivity index (χ1v) is 15.1. The molecule has 0 aliphatic carbocycles. The maximum absolute atomic E-state index is 13.5. The van der Waals surface area contributed by atoms with E-state index in [1.165, 1.54) is 18.7 Å². The van der Waals surface area contributed by atoms with Gasteiger partial charge in [-0.2, -0.15) is 0 Å². The van der Waals surface area contributed by atoms with E-state index in [0.717, 1.165) is 0 Å². The van der Waals surface area contributed by atoms with Gasteiger partial charge in [0.15, 0.2) is 10.7 Å². The average Bonchev–Trinajstić information content (AvgIpc) is 3.31. The number of hydrogen-bond acceptors (Lipinski definition) is 8. The van der Waals surface area contributed by atoms with Crippen molar-refractivity contribution in [3.8, 4) is 5.75 Å². The highest BCUT2D eigenvalue weighted by molar-refractivity contribution is 7.92. The molecule has 226 valence electrons. The van der Waals surface area contributed by atoms with Gasteiger partial charge in [0.25, 0.3) is 10.0 Å². The predicted molar refractivity (Wildman–Crippen MR) is 157 cm³/mol. The number of carbonyl (C=O) groups is 2. The van der Waals surface area contributed by atoms with Gasteiger partial charge in [0.2, 0.25) is 5.91 Å². The maximum Gasteiger partial charge on any atom is 0.321 e. The molecule has 1 aromatic heterocycles. The van der Waals surface area contributed by atoms with Crippen LogP contribution in [0.5, 0.6) is 5.75 Å². The number of nitrogens with one attached hydrogen (secondary N) is 2. The third-order valence-electron chi connectivity index (χ3n) is 7.23. The number of anilines is 2. The van der Waals surface area contributed by atoms with Crippen molar-refractivity contribution in [1.29, 1.82) is 0 Å². The zero-order valence-electron chi connectivity index (χ0n) is 24.3. The number of fused-ring (bicyclic) bond motifs is 1. The van der Waals surface area contributed by atoms with Crippen molar-refractivity contribution in [1.82, 2.24) is 15.0 Å². The Morgan fingerprint density at radius 3 is 2.55 bits per heavy atom. The minimum absolute atomic E-state index is 0.0491. The smallest absolute Gasteiger partial charge is 0.321 e. The molecule has 2 aromatic carbocycles. The third-order valence-corrected chi connectivity index (χ3v) is 8.86. The van der Waals surface area contributed by atoms with E-state index in [-0.39, 0.29) is 59.5 Å². The summed E-state index contributed by atoms with van der Waals surface area (Å²) in [6.07, 6.45) is -0.607. The van der Waals surface area contributed by atoms with Crippen molar-refractivity contribution in [2.45, 2.75) is 51.2 Å². The van der Waals surface area contributed by atoms with Crippen LogP contribution in [-0.4, -0.2) is 79.3 Å². The zero-order chi connectivity index (χ0) is 30.6. The van der Waals surface area contributed by atoms with Gasteiger partial charge in [-0.25, -0.2) is 13.2 Å². The van der Waals surface area contributed by atoms with E-state index in [1.54, 1.807) is 49.2 Å². The molecule has 1 aliphatic heterocycles. The van der Waals surface area contributed by atoms with Crippen LogP contribution < -0.4 is 14.8 Å². The van der Waals surface area contributed by atoms with Gasteiger partial charge in [-0.15, -0.1) is 0 Å². The second kappa shape index (κ2) is 12.8. The molecule has 3 atom stereocenters. The summed E-state index contributed by atoms with van der Waals surface area (Å²) in [5.41, 5.74) is 1.58. The van der Waals surface area contributed by atoms with E-state index in [2.05, 4.69) is 15.2 Å². The lowest BCUT2D eigenvalue weighted by Crippen LogP contribution is -2.48. The first-order valence-electron chi connectivity index (χ1n) is 13.6. The molecule has 0 saturated carbocycles. The van der Waals surface area contributed by atoms with Crippen molar-refractivity contribution >= 4 is 33.3 Å². The Balaban J connectivity index is 1.63. The number of amides is 3. The van der Waals surface area contributed by atoms with Crippen LogP contribution in [0, 0.1) is 19.8 Å². The Labute approximate surface area is 245 Å². The number of urea groups is 1. The fraction of sp³-hybridized carbons (Fsp3) is 0.414. The van der Waals surface area contributed by atoms with E-state index in [1.807, 2.05) is 25.1 Å². The standard InChI is InChI=1S/C29H37N5O7S/c1-18-15-34(19(2)17-35)27(36)14-22-13-24(32-42(38,39)28-20(3)31-41-21(28)4)11-12-25(22)40-26(18)16-33(5)29(37)30-23-9-7-6-8-10-23/h6-13,18-19,26,32,35H,14-17H2,1-5H3,(H,30,37)/t18-,19-,26-/m0/s1. The summed E-state index contributed by atoms with van der Waals surface area (Å²) in [6, 6.07) is 13.0. The number of nitrogens with zero attached hydrogens (tertiary/aromatic N) is 3. The van der Waals surface area contributed by atoms with E-state index < -0.39 is 22.2 Å². The number of aryl methyl sites for hydroxylation is 2. The highest BCUT2D eigenvalue weighted by Crippen LogP contribution is 2.31. The molecule has 0 spiro atoms. The highest BCUT2D eigenvalue weighted by atomic mass is 32.2. The number of ether oxygens (including phenoxy) is 1. The Bertz CT molecular complexity index is 1510. The topological polar surface area (TPSA) is 154 Å². The quantitative estimate of drug-likeness (QED) is 0.356. The molecule has 13 heteroatoms. The second-order valence-electron chi connectivity index (χ2n) is 10.6. The van der Waals surface area contributed by atoms with Crippen LogP contribution in [0.4, 0.5) is 16.2 Å². The monoisotopic (exact) mass is 599 g/mol. The minimum Gasteiger partial charge on any atom is -0.488 e. The van der Waals surface area contributed by atoms with Crippen molar-refractivity contribution in [2.24, 2.45) is 5.92 Å². The summed E-state index contributed by atoms with van der Waals surface area (Å²) in [5.74, 6) is 0.0939. The van der Waals surface area contributed by atoms with Gasteiger partial charge in [0.05, 0.1) is 25.6 Å². The number of rotatable bonds is 8. The molecule has 0 radical (unpaired) electrons. The fourth-order valence-corrected chi connectivity index (χ4v) is 6.25. The second-order valence-corrected chi connectivity index (χ2v) is 12.3. The van der Waals surface area contributed by atoms with Crippen molar-refractivity contribution in [3.63, 3.8) is 0 Å². The van der Waals surface area contributed by atoms with Gasteiger partial charge in [-0.1, -0.05) is 30.3 Å². The van der Waals surface area contributed by atoms with Crippen LogP contribution in [0.1, 0.15) is 30.9 Å². The number of aliphatic hydroxyl groups is 1. The molecule has 3 aromatic rings. The predicted octanol–water partition coefficient (Wildman–Crippen LogP) is 3.41. The van der Waals surface area contributed by atoms with Gasteiger partial charge < -0.3 is 29.5 Å². The average molecular weight is 600 g/mol. The summed E-state index contributed by atoms with van der Waals surface area (Å²) in [5, 5.41) is 16.5. The summed E-state index contributed by atoms with van der Waals surface area (Å²) < 4.78 is 40.2. The Morgan fingerprint density at radius 1 is 1.19 bits per heavy atom. The zero-order valence-corrected chi connectivity index (χ0v) is 25.1. The number of para-hydroxylation sites is 1. The molecule has 0 unspecified atom stereocenters. The summed E-state index contributed by atoms with van der Waals surface area (Å²) in [7, 11) is -2.36. The van der Waals surface area contributed by atoms with Gasteiger partial charge in [0.1, 0.15) is 17.5 Å². The van der Waals surface area contributed by atoms with Gasteiger partial charge in [0, 0.05) is 36.4 Å². The summed E-state index contributed by atoms with van der Waals surface area (Å²) in [6.45, 7) is 7.00. The lowest BCUT2D eigenvalue weighted by atomic mass is 10.0. The first-order chi connectivity index (χ1) is 19.9. The fourth-order valence-electron chi connectivity index (χ4n) is 4.87. The molecule has 3 N–H and O–H groups in total. The van der Waals surface area contributed by atoms with Gasteiger partial charge in [-0.3, -0.25) is 9.52 Å². The largest absolute Gasteiger partial charge is 0.488 e. The molecule has 0 bridgehead atoms. The Hall–Kier alpha value is -4.10. The molecule has 0 saturated heterocycles. The molecule has 2 heterocycles. The SMILES string of the molecule is Cc1noc(C)c1S(=O)(=O)Nc1ccc2c(c1)CC(=O)N([C@@H](C)CO)C[C@H](C)[C@H](CN(C)C(=O)Nc1ccccc1)O2. The third kappa shape index (κ3) is 7.02. The van der Waals surface area contributed by atoms with Crippen LogP contribution >= 0.6 is 0 Å². The highest BCUT2D eigenvalue weighted by Gasteiger charge is 2.32. The van der Waals surface area contributed by atoms with E-state index in [0.29, 0.717) is 23.5 Å². The molecular formula is C29H37N5O7S. The number of benzene rings is 2. The van der Waals surface area contributed by atoms with Gasteiger partial charge >= 0.3 is 6.03 Å². The number of hydrogen-bond donors (Lipinski definition) is 3. The Morgan fingerprint density at radius 2 is 1.90 bits per heavy atom. The van der Waals surface area contributed by atoms with Crippen molar-refractivity contribution in [2.75, 3.05) is 36.8 Å². The number of sulfonamides is 1. The molecule has 0 fully saturated rings. The molecule has 3 amide bonds. The minimum atomic E-state index is -4.02.